The SMILES string of the molecule is Cc1cn2c(C)ccc(C(=O)N[C@H](CC(C)C)C3COC3)c2n1. The van der Waals surface area contributed by atoms with Gasteiger partial charge in [0, 0.05) is 23.9 Å². The molecule has 1 N–H and O–H groups in total. The van der Waals surface area contributed by atoms with E-state index < -0.39 is 0 Å². The Morgan fingerprint density at radius 3 is 2.74 bits per heavy atom. The second-order valence-corrected chi connectivity index (χ2v) is 6.97. The minimum atomic E-state index is -0.0434. The zero-order valence-corrected chi connectivity index (χ0v) is 14.3. The smallest absolute Gasteiger partial charge is 0.255 e. The first-order chi connectivity index (χ1) is 11.0. The van der Waals surface area contributed by atoms with Gasteiger partial charge < -0.3 is 14.5 Å². The van der Waals surface area contributed by atoms with Crippen molar-refractivity contribution in [3.63, 3.8) is 0 Å². The van der Waals surface area contributed by atoms with E-state index in [0.29, 0.717) is 17.4 Å². The van der Waals surface area contributed by atoms with Crippen molar-refractivity contribution in [2.75, 3.05) is 13.2 Å². The van der Waals surface area contributed by atoms with E-state index in [-0.39, 0.29) is 11.9 Å². The molecule has 0 unspecified atom stereocenters. The Kier molecular flexibility index (Phi) is 4.39. The van der Waals surface area contributed by atoms with E-state index in [9.17, 15) is 4.79 Å². The summed E-state index contributed by atoms with van der Waals surface area (Å²) in [6.45, 7) is 9.80. The second-order valence-electron chi connectivity index (χ2n) is 6.97. The third kappa shape index (κ3) is 3.24. The van der Waals surface area contributed by atoms with Crippen molar-refractivity contribution in [2.45, 2.75) is 40.2 Å². The molecular weight excluding hydrogens is 290 g/mol. The molecule has 0 bridgehead atoms. The molecule has 2 aromatic rings. The van der Waals surface area contributed by atoms with Gasteiger partial charge in [-0.25, -0.2) is 4.98 Å². The zero-order chi connectivity index (χ0) is 16.6. The van der Waals surface area contributed by atoms with Crippen LogP contribution in [0.25, 0.3) is 5.65 Å². The van der Waals surface area contributed by atoms with Crippen molar-refractivity contribution in [3.8, 4) is 0 Å². The fraction of sp³-hybridized carbons (Fsp3) is 0.556. The first-order valence-electron chi connectivity index (χ1n) is 8.29. The van der Waals surface area contributed by atoms with Gasteiger partial charge in [0.25, 0.3) is 5.91 Å². The number of imidazole rings is 1. The number of nitrogens with one attached hydrogen (secondary N) is 1. The van der Waals surface area contributed by atoms with Crippen LogP contribution in [0.4, 0.5) is 0 Å². The van der Waals surface area contributed by atoms with E-state index in [0.717, 1.165) is 36.7 Å². The van der Waals surface area contributed by atoms with E-state index in [2.05, 4.69) is 24.1 Å². The van der Waals surface area contributed by atoms with Crippen LogP contribution in [0.3, 0.4) is 0 Å². The van der Waals surface area contributed by atoms with Gasteiger partial charge in [-0.15, -0.1) is 0 Å². The summed E-state index contributed by atoms with van der Waals surface area (Å²) in [4.78, 5) is 17.3. The molecule has 0 aromatic carbocycles. The average Bonchev–Trinajstić information content (AvgIpc) is 2.78. The van der Waals surface area contributed by atoms with Crippen molar-refractivity contribution >= 4 is 11.6 Å². The molecule has 1 amide bonds. The molecule has 1 aliphatic rings. The maximum absolute atomic E-state index is 12.8. The molecule has 5 nitrogen and oxygen atoms in total. The van der Waals surface area contributed by atoms with Gasteiger partial charge in [0.1, 0.15) is 5.65 Å². The van der Waals surface area contributed by atoms with Crippen molar-refractivity contribution in [1.29, 1.82) is 0 Å². The van der Waals surface area contributed by atoms with Crippen LogP contribution in [-0.4, -0.2) is 34.5 Å². The van der Waals surface area contributed by atoms with E-state index in [4.69, 9.17) is 4.74 Å². The number of carbonyl (C=O) groups excluding carboxylic acids is 1. The summed E-state index contributed by atoms with van der Waals surface area (Å²) >= 11 is 0. The Morgan fingerprint density at radius 2 is 2.13 bits per heavy atom. The number of carbonyl (C=O) groups is 1. The number of amides is 1. The fourth-order valence-corrected chi connectivity index (χ4v) is 3.10. The molecule has 5 heteroatoms. The highest BCUT2D eigenvalue weighted by Gasteiger charge is 2.30. The zero-order valence-electron chi connectivity index (χ0n) is 14.3. The molecule has 1 fully saturated rings. The van der Waals surface area contributed by atoms with Crippen LogP contribution < -0.4 is 5.32 Å². The van der Waals surface area contributed by atoms with Gasteiger partial charge in [0.2, 0.25) is 0 Å². The molecule has 2 aromatic heterocycles. The largest absolute Gasteiger partial charge is 0.381 e. The molecule has 1 aliphatic heterocycles. The lowest BCUT2D eigenvalue weighted by Crippen LogP contribution is -2.49. The Labute approximate surface area is 137 Å². The van der Waals surface area contributed by atoms with Gasteiger partial charge in [-0.05, 0) is 38.3 Å². The highest BCUT2D eigenvalue weighted by atomic mass is 16.5. The Bertz CT molecular complexity index is 716. The molecule has 23 heavy (non-hydrogen) atoms. The van der Waals surface area contributed by atoms with Crippen molar-refractivity contribution in [1.82, 2.24) is 14.7 Å². The minimum absolute atomic E-state index is 0.0434. The average molecular weight is 315 g/mol. The molecule has 0 radical (unpaired) electrons. The number of hydrogen-bond acceptors (Lipinski definition) is 3. The predicted molar refractivity (Wildman–Crippen MR) is 89.7 cm³/mol. The number of ether oxygens (including phenoxy) is 1. The number of aromatic nitrogens is 2. The maximum atomic E-state index is 12.8. The van der Waals surface area contributed by atoms with E-state index in [1.54, 1.807) is 0 Å². The molecule has 1 atom stereocenters. The van der Waals surface area contributed by atoms with Gasteiger partial charge in [-0.1, -0.05) is 13.8 Å². The molecule has 124 valence electrons. The molecule has 1 saturated heterocycles. The highest BCUT2D eigenvalue weighted by Crippen LogP contribution is 2.22. The van der Waals surface area contributed by atoms with Gasteiger partial charge in [0.15, 0.2) is 0 Å². The molecule has 0 saturated carbocycles. The fourth-order valence-electron chi connectivity index (χ4n) is 3.10. The monoisotopic (exact) mass is 315 g/mol. The number of pyridine rings is 1. The molecule has 0 spiro atoms. The van der Waals surface area contributed by atoms with Gasteiger partial charge in [-0.2, -0.15) is 0 Å². The van der Waals surface area contributed by atoms with Gasteiger partial charge in [0.05, 0.1) is 24.5 Å². The van der Waals surface area contributed by atoms with Crippen LogP contribution in [0.15, 0.2) is 18.3 Å². The highest BCUT2D eigenvalue weighted by molar-refractivity contribution is 6.00. The van der Waals surface area contributed by atoms with Crippen LogP contribution in [0, 0.1) is 25.7 Å². The van der Waals surface area contributed by atoms with Crippen LogP contribution >= 0.6 is 0 Å². The van der Waals surface area contributed by atoms with Crippen molar-refractivity contribution in [2.24, 2.45) is 11.8 Å². The number of nitrogens with zero attached hydrogens (tertiary/aromatic N) is 2. The quantitative estimate of drug-likeness (QED) is 0.923. The normalized spacial score (nSPS) is 16.6. The molecule has 0 aliphatic carbocycles. The third-order valence-corrected chi connectivity index (χ3v) is 4.46. The summed E-state index contributed by atoms with van der Waals surface area (Å²) in [5.41, 5.74) is 3.36. The summed E-state index contributed by atoms with van der Waals surface area (Å²) in [5.74, 6) is 0.912. The number of aryl methyl sites for hydroxylation is 2. The van der Waals surface area contributed by atoms with Crippen LogP contribution in [0.2, 0.25) is 0 Å². The van der Waals surface area contributed by atoms with Gasteiger partial charge >= 0.3 is 0 Å². The van der Waals surface area contributed by atoms with E-state index in [1.807, 2.05) is 36.6 Å². The summed E-state index contributed by atoms with van der Waals surface area (Å²) in [6, 6.07) is 4.00. The number of rotatable bonds is 5. The number of hydrogen-bond donors (Lipinski definition) is 1. The van der Waals surface area contributed by atoms with Crippen molar-refractivity contribution in [3.05, 3.63) is 35.3 Å². The Morgan fingerprint density at radius 1 is 1.39 bits per heavy atom. The summed E-state index contributed by atoms with van der Waals surface area (Å²) in [6.07, 6.45) is 2.93. The van der Waals surface area contributed by atoms with Crippen LogP contribution in [0.1, 0.15) is 42.0 Å². The summed E-state index contributed by atoms with van der Waals surface area (Å²) in [7, 11) is 0. The Hall–Kier alpha value is -1.88. The first kappa shape index (κ1) is 16.0. The standard InChI is InChI=1S/C18H25N3O2/c1-11(2)7-16(14-9-23-10-14)20-18(22)15-6-5-13(4)21-8-12(3)19-17(15)21/h5-6,8,11,14,16H,7,9-10H2,1-4H3,(H,20,22)/t16-/m1/s1. The van der Waals surface area contributed by atoms with E-state index in [1.165, 1.54) is 0 Å². The maximum Gasteiger partial charge on any atom is 0.255 e. The summed E-state index contributed by atoms with van der Waals surface area (Å²) < 4.78 is 7.29. The minimum Gasteiger partial charge on any atom is -0.381 e. The number of fused-ring (bicyclic) bond motifs is 1. The second kappa shape index (κ2) is 6.32. The third-order valence-electron chi connectivity index (χ3n) is 4.46. The summed E-state index contributed by atoms with van der Waals surface area (Å²) in [5, 5.41) is 3.22. The van der Waals surface area contributed by atoms with Gasteiger partial charge in [-0.3, -0.25) is 4.79 Å². The predicted octanol–water partition coefficient (Wildman–Crippen LogP) is 2.74. The Balaban J connectivity index is 1.86. The molecular formula is C18H25N3O2. The molecule has 3 heterocycles. The lowest BCUT2D eigenvalue weighted by atomic mass is 9.90. The van der Waals surface area contributed by atoms with Crippen LogP contribution in [0.5, 0.6) is 0 Å². The molecule has 3 rings (SSSR count). The first-order valence-corrected chi connectivity index (χ1v) is 8.29. The van der Waals surface area contributed by atoms with E-state index >= 15 is 0 Å². The lowest BCUT2D eigenvalue weighted by Gasteiger charge is -2.35. The van der Waals surface area contributed by atoms with Crippen molar-refractivity contribution < 1.29 is 9.53 Å². The topological polar surface area (TPSA) is 55.6 Å². The lowest BCUT2D eigenvalue weighted by molar-refractivity contribution is -0.0510. The van der Waals surface area contributed by atoms with Crippen LogP contribution in [-0.2, 0) is 4.74 Å².